The minimum atomic E-state index is -0.815. The van der Waals surface area contributed by atoms with E-state index in [0.717, 1.165) is 17.2 Å². The third-order valence-corrected chi connectivity index (χ3v) is 2.01. The van der Waals surface area contributed by atoms with E-state index in [-0.39, 0.29) is 6.54 Å². The highest BCUT2D eigenvalue weighted by atomic mass is 16.4. The monoisotopic (exact) mass is 169 g/mol. The zero-order valence-corrected chi connectivity index (χ0v) is 7.51. The largest absolute Gasteiger partial charge is 0.478 e. The minimum absolute atomic E-state index is 0.0298. The number of carboxylic acid groups (broad SMARTS) is 1. The number of nitrogens with one attached hydrogen (secondary N) is 1. The Hall–Kier alpha value is -1.32. The minimum Gasteiger partial charge on any atom is -0.478 e. The number of H-pyrrole nitrogens is 1. The van der Waals surface area contributed by atoms with Crippen molar-refractivity contribution in [3.8, 4) is 0 Å². The van der Waals surface area contributed by atoms with Gasteiger partial charge in [0.2, 0.25) is 0 Å². The molecule has 0 aliphatic rings. The average Bonchev–Trinajstić information content (AvgIpc) is 2.16. The van der Waals surface area contributed by atoms with E-state index in [4.69, 9.17) is 5.11 Å². The van der Waals surface area contributed by atoms with Crippen molar-refractivity contribution >= 4 is 5.97 Å². The zero-order chi connectivity index (χ0) is 9.30. The van der Waals surface area contributed by atoms with Gasteiger partial charge in [-0.3, -0.25) is 0 Å². The molecule has 1 heterocycles. The lowest BCUT2D eigenvalue weighted by atomic mass is 10.4. The lowest BCUT2D eigenvalue weighted by Crippen LogP contribution is -2.41. The number of aromatic nitrogens is 2. The summed E-state index contributed by atoms with van der Waals surface area (Å²) in [7, 11) is 0. The highest BCUT2D eigenvalue weighted by molar-refractivity contribution is 5.64. The molecule has 4 heteroatoms. The molecule has 12 heavy (non-hydrogen) atoms. The Kier molecular flexibility index (Phi) is 2.17. The Bertz CT molecular complexity index is 315. The van der Waals surface area contributed by atoms with Gasteiger partial charge in [0.1, 0.15) is 11.4 Å². The number of aromatic amines is 1. The molecular formula is C8H13N2O2+. The topological polar surface area (TPSA) is 57.0 Å². The predicted molar refractivity (Wildman–Crippen MR) is 42.8 cm³/mol. The number of aryl methyl sites for hydroxylation is 2. The summed E-state index contributed by atoms with van der Waals surface area (Å²) in [5.41, 5.74) is 2.00. The number of carbonyl (C=O) groups is 1. The third-order valence-electron chi connectivity index (χ3n) is 2.01. The standard InChI is InChI=1S/C8H12N2O2/c1-5-6(2)10(4-8(11)12)7(3)9-5/h4H2,1-3H3,(H,11,12)/p+1. The maximum Gasteiger partial charge on any atom is 0.346 e. The molecule has 0 amide bonds. The normalized spacial score (nSPS) is 10.2. The predicted octanol–water partition coefficient (Wildman–Crippen LogP) is 0.312. The van der Waals surface area contributed by atoms with Gasteiger partial charge in [0.15, 0.2) is 6.54 Å². The lowest BCUT2D eigenvalue weighted by Gasteiger charge is -1.94. The summed E-state index contributed by atoms with van der Waals surface area (Å²) >= 11 is 0. The molecule has 1 rings (SSSR count). The molecule has 0 radical (unpaired) electrons. The molecule has 1 aromatic rings. The Morgan fingerprint density at radius 2 is 2.08 bits per heavy atom. The van der Waals surface area contributed by atoms with E-state index in [0.29, 0.717) is 0 Å². The molecule has 0 aliphatic carbocycles. The highest BCUT2D eigenvalue weighted by Gasteiger charge is 2.16. The molecule has 66 valence electrons. The van der Waals surface area contributed by atoms with Gasteiger partial charge in [-0.15, -0.1) is 0 Å². The summed E-state index contributed by atoms with van der Waals surface area (Å²) in [4.78, 5) is 13.5. The van der Waals surface area contributed by atoms with E-state index in [1.807, 2.05) is 20.8 Å². The lowest BCUT2D eigenvalue weighted by molar-refractivity contribution is -0.696. The third kappa shape index (κ3) is 1.47. The molecule has 4 nitrogen and oxygen atoms in total. The fraction of sp³-hybridized carbons (Fsp3) is 0.500. The SMILES string of the molecule is Cc1[nH]c(C)[n+](CC(=O)O)c1C. The molecule has 1 aromatic heterocycles. The quantitative estimate of drug-likeness (QED) is 0.626. The smallest absolute Gasteiger partial charge is 0.346 e. The van der Waals surface area contributed by atoms with Crippen molar-refractivity contribution in [2.75, 3.05) is 0 Å². The second kappa shape index (κ2) is 2.97. The Morgan fingerprint density at radius 1 is 1.50 bits per heavy atom. The van der Waals surface area contributed by atoms with Gasteiger partial charge >= 0.3 is 5.97 Å². The van der Waals surface area contributed by atoms with E-state index in [9.17, 15) is 4.79 Å². The van der Waals surface area contributed by atoms with Crippen LogP contribution in [0, 0.1) is 20.8 Å². The van der Waals surface area contributed by atoms with Gasteiger partial charge in [0.25, 0.3) is 5.82 Å². The number of carboxylic acids is 1. The Balaban J connectivity index is 3.05. The number of hydrogen-bond acceptors (Lipinski definition) is 1. The van der Waals surface area contributed by atoms with Crippen molar-refractivity contribution in [1.29, 1.82) is 0 Å². The molecule has 0 bridgehead atoms. The van der Waals surface area contributed by atoms with Gasteiger partial charge in [-0.05, 0) is 0 Å². The molecular weight excluding hydrogens is 156 g/mol. The number of rotatable bonds is 2. The first-order chi connectivity index (χ1) is 5.52. The van der Waals surface area contributed by atoms with Crippen LogP contribution in [-0.2, 0) is 11.3 Å². The maximum atomic E-state index is 10.4. The van der Waals surface area contributed by atoms with Crippen LogP contribution in [-0.4, -0.2) is 16.1 Å². The summed E-state index contributed by atoms with van der Waals surface area (Å²) < 4.78 is 1.75. The highest BCUT2D eigenvalue weighted by Crippen LogP contribution is 1.99. The molecule has 0 fully saturated rings. The molecule has 0 saturated heterocycles. The van der Waals surface area contributed by atoms with Gasteiger partial charge in [-0.25, -0.2) is 14.3 Å². The van der Waals surface area contributed by atoms with Crippen LogP contribution in [0.5, 0.6) is 0 Å². The van der Waals surface area contributed by atoms with Gasteiger partial charge < -0.3 is 5.11 Å². The van der Waals surface area contributed by atoms with Crippen molar-refractivity contribution in [2.45, 2.75) is 27.3 Å². The number of imidazole rings is 1. The maximum absolute atomic E-state index is 10.4. The van der Waals surface area contributed by atoms with E-state index >= 15 is 0 Å². The molecule has 2 N–H and O–H groups in total. The molecule has 0 saturated carbocycles. The number of nitrogens with zero attached hydrogens (tertiary/aromatic N) is 1. The van der Waals surface area contributed by atoms with Crippen molar-refractivity contribution in [3.63, 3.8) is 0 Å². The molecule has 0 spiro atoms. The molecule has 0 atom stereocenters. The second-order valence-corrected chi connectivity index (χ2v) is 2.90. The summed E-state index contributed by atoms with van der Waals surface area (Å²) in [5, 5.41) is 8.59. The first-order valence-corrected chi connectivity index (χ1v) is 3.79. The van der Waals surface area contributed by atoms with Crippen LogP contribution < -0.4 is 4.57 Å². The van der Waals surface area contributed by atoms with Crippen molar-refractivity contribution in [1.82, 2.24) is 4.98 Å². The fourth-order valence-corrected chi connectivity index (χ4v) is 1.26. The Labute approximate surface area is 70.9 Å². The summed E-state index contributed by atoms with van der Waals surface area (Å²) in [6.45, 7) is 5.73. The Morgan fingerprint density at radius 3 is 2.42 bits per heavy atom. The van der Waals surface area contributed by atoms with E-state index in [1.165, 1.54) is 0 Å². The van der Waals surface area contributed by atoms with E-state index < -0.39 is 5.97 Å². The molecule has 0 aliphatic heterocycles. The summed E-state index contributed by atoms with van der Waals surface area (Å²) in [6, 6.07) is 0. The first kappa shape index (κ1) is 8.77. The van der Waals surface area contributed by atoms with Gasteiger partial charge in [0, 0.05) is 20.8 Å². The van der Waals surface area contributed by atoms with Crippen LogP contribution in [0.2, 0.25) is 0 Å². The zero-order valence-electron chi connectivity index (χ0n) is 7.51. The van der Waals surface area contributed by atoms with Crippen LogP contribution in [0.3, 0.4) is 0 Å². The van der Waals surface area contributed by atoms with Crippen LogP contribution in [0.25, 0.3) is 0 Å². The van der Waals surface area contributed by atoms with Crippen LogP contribution in [0.15, 0.2) is 0 Å². The average molecular weight is 169 g/mol. The van der Waals surface area contributed by atoms with Gasteiger partial charge in [-0.1, -0.05) is 0 Å². The van der Waals surface area contributed by atoms with Gasteiger partial charge in [0.05, 0.1) is 0 Å². The molecule has 0 aromatic carbocycles. The summed E-state index contributed by atoms with van der Waals surface area (Å²) in [6.07, 6.45) is 0. The van der Waals surface area contributed by atoms with Crippen LogP contribution >= 0.6 is 0 Å². The number of aliphatic carboxylic acids is 1. The van der Waals surface area contributed by atoms with Crippen molar-refractivity contribution in [2.24, 2.45) is 0 Å². The second-order valence-electron chi connectivity index (χ2n) is 2.90. The molecule has 0 unspecified atom stereocenters. The summed E-state index contributed by atoms with van der Waals surface area (Å²) in [5.74, 6) is 0.0672. The van der Waals surface area contributed by atoms with Gasteiger partial charge in [-0.2, -0.15) is 0 Å². The van der Waals surface area contributed by atoms with Crippen LogP contribution in [0.4, 0.5) is 0 Å². The van der Waals surface area contributed by atoms with Crippen LogP contribution in [0.1, 0.15) is 17.2 Å². The van der Waals surface area contributed by atoms with E-state index in [2.05, 4.69) is 4.98 Å². The number of hydrogen-bond donors (Lipinski definition) is 2. The first-order valence-electron chi connectivity index (χ1n) is 3.79. The van der Waals surface area contributed by atoms with Crippen molar-refractivity contribution in [3.05, 3.63) is 17.2 Å². The fourth-order valence-electron chi connectivity index (χ4n) is 1.26. The van der Waals surface area contributed by atoms with E-state index in [1.54, 1.807) is 4.57 Å². The van der Waals surface area contributed by atoms with Crippen molar-refractivity contribution < 1.29 is 14.5 Å².